The Morgan fingerprint density at radius 3 is 2.47 bits per heavy atom. The Kier molecular flexibility index (Phi) is 5.59. The summed E-state index contributed by atoms with van der Waals surface area (Å²) in [6.07, 6.45) is 2.86. The molecular weight excluding hydrogens is 397 g/mol. The Morgan fingerprint density at radius 1 is 1.10 bits per heavy atom. The van der Waals surface area contributed by atoms with Crippen LogP contribution in [0, 0.1) is 19.7 Å². The van der Waals surface area contributed by atoms with E-state index >= 15 is 0 Å². The van der Waals surface area contributed by atoms with Crippen LogP contribution in [0.1, 0.15) is 29.4 Å². The summed E-state index contributed by atoms with van der Waals surface area (Å²) in [5, 5.41) is 3.41. The molecule has 2 aromatic carbocycles. The van der Waals surface area contributed by atoms with Gasteiger partial charge >= 0.3 is 0 Å². The second kappa shape index (κ2) is 8.32. The number of carbonyl (C=O) groups excluding carboxylic acids is 1. The fraction of sp³-hybridized carbons (Fsp3) is 0.167. The maximum Gasteiger partial charge on any atom is 0.264 e. The standard InChI is InChI=1S/C24H22FN3OS/c1-4-17-5-9-20(10-6-17)26-24-27-23(29)22(30-24)14-18-13-15(2)28(16(18)3)21-11-7-19(25)8-12-21/h5-14H,4H2,1-3H3,(H,26,27,29)/b22-14-. The van der Waals surface area contributed by atoms with Crippen LogP contribution in [0.3, 0.4) is 0 Å². The number of carbonyl (C=O) groups is 1. The minimum absolute atomic E-state index is 0.157. The summed E-state index contributed by atoms with van der Waals surface area (Å²) in [5.74, 6) is -0.422. The molecule has 0 bridgehead atoms. The highest BCUT2D eigenvalue weighted by Crippen LogP contribution is 2.30. The van der Waals surface area contributed by atoms with Gasteiger partial charge in [0.2, 0.25) is 0 Å². The SMILES string of the molecule is CCc1ccc(N=C2NC(=O)/C(=C/c3cc(C)n(-c4ccc(F)cc4)c3C)S2)cc1. The van der Waals surface area contributed by atoms with Crippen molar-refractivity contribution >= 4 is 34.6 Å². The summed E-state index contributed by atoms with van der Waals surface area (Å²) in [7, 11) is 0. The van der Waals surface area contributed by atoms with E-state index in [9.17, 15) is 9.18 Å². The third kappa shape index (κ3) is 4.09. The summed E-state index contributed by atoms with van der Waals surface area (Å²) in [5.41, 5.74) is 5.89. The van der Waals surface area contributed by atoms with E-state index in [4.69, 9.17) is 0 Å². The smallest absolute Gasteiger partial charge is 0.264 e. The lowest BCUT2D eigenvalue weighted by Gasteiger charge is -2.09. The van der Waals surface area contributed by atoms with Crippen LogP contribution >= 0.6 is 11.8 Å². The number of aryl methyl sites for hydroxylation is 2. The van der Waals surface area contributed by atoms with Gasteiger partial charge in [-0.2, -0.15) is 0 Å². The summed E-state index contributed by atoms with van der Waals surface area (Å²) < 4.78 is 15.3. The van der Waals surface area contributed by atoms with Gasteiger partial charge in [0, 0.05) is 17.1 Å². The molecule has 1 aromatic heterocycles. The van der Waals surface area contributed by atoms with E-state index in [2.05, 4.69) is 17.2 Å². The molecule has 0 saturated carbocycles. The number of amidine groups is 1. The van der Waals surface area contributed by atoms with Gasteiger partial charge in [0.25, 0.3) is 5.91 Å². The van der Waals surface area contributed by atoms with Crippen molar-refractivity contribution in [3.8, 4) is 5.69 Å². The minimum atomic E-state index is -0.265. The molecule has 0 unspecified atom stereocenters. The number of nitrogens with one attached hydrogen (secondary N) is 1. The summed E-state index contributed by atoms with van der Waals surface area (Å²) >= 11 is 1.33. The highest BCUT2D eigenvalue weighted by Gasteiger charge is 2.24. The van der Waals surface area contributed by atoms with Gasteiger partial charge in [-0.15, -0.1) is 0 Å². The normalized spacial score (nSPS) is 16.5. The van der Waals surface area contributed by atoms with Crippen molar-refractivity contribution < 1.29 is 9.18 Å². The predicted octanol–water partition coefficient (Wildman–Crippen LogP) is 5.69. The van der Waals surface area contributed by atoms with Crippen molar-refractivity contribution in [1.29, 1.82) is 0 Å². The minimum Gasteiger partial charge on any atom is -0.318 e. The van der Waals surface area contributed by atoms with E-state index in [-0.39, 0.29) is 11.7 Å². The Balaban J connectivity index is 1.60. The Labute approximate surface area is 179 Å². The molecule has 1 aliphatic rings. The summed E-state index contributed by atoms with van der Waals surface area (Å²) in [6, 6.07) is 16.4. The van der Waals surface area contributed by atoms with Gasteiger partial charge in [-0.25, -0.2) is 9.38 Å². The van der Waals surface area contributed by atoms with Crippen LogP contribution in [0.25, 0.3) is 11.8 Å². The molecule has 0 spiro atoms. The maximum atomic E-state index is 13.3. The first-order valence-corrected chi connectivity index (χ1v) is 10.6. The number of benzene rings is 2. The van der Waals surface area contributed by atoms with Crippen molar-refractivity contribution in [1.82, 2.24) is 9.88 Å². The quantitative estimate of drug-likeness (QED) is 0.553. The zero-order valence-electron chi connectivity index (χ0n) is 17.1. The number of hydrogen-bond acceptors (Lipinski definition) is 3. The van der Waals surface area contributed by atoms with Crippen molar-refractivity contribution in [2.24, 2.45) is 4.99 Å². The topological polar surface area (TPSA) is 46.4 Å². The van der Waals surface area contributed by atoms with Gasteiger partial charge in [0.1, 0.15) is 5.82 Å². The molecule has 2 heterocycles. The monoisotopic (exact) mass is 419 g/mol. The van der Waals surface area contributed by atoms with E-state index < -0.39 is 0 Å². The van der Waals surface area contributed by atoms with E-state index in [1.54, 1.807) is 12.1 Å². The third-order valence-electron chi connectivity index (χ3n) is 5.07. The van der Waals surface area contributed by atoms with Gasteiger partial charge in [-0.05, 0) is 91.7 Å². The Hall–Kier alpha value is -3.12. The third-order valence-corrected chi connectivity index (χ3v) is 5.98. The lowest BCUT2D eigenvalue weighted by atomic mass is 10.2. The van der Waals surface area contributed by atoms with Gasteiger partial charge in [-0.3, -0.25) is 4.79 Å². The number of thioether (sulfide) groups is 1. The summed E-state index contributed by atoms with van der Waals surface area (Å²) in [4.78, 5) is 17.6. The van der Waals surface area contributed by atoms with E-state index in [0.29, 0.717) is 10.1 Å². The number of amides is 1. The zero-order valence-corrected chi connectivity index (χ0v) is 17.9. The molecular formula is C24H22FN3OS. The fourth-order valence-electron chi connectivity index (χ4n) is 3.47. The van der Waals surface area contributed by atoms with Crippen molar-refractivity contribution in [2.45, 2.75) is 27.2 Å². The first-order chi connectivity index (χ1) is 14.4. The molecule has 4 rings (SSSR count). The van der Waals surface area contributed by atoms with Crippen molar-refractivity contribution in [2.75, 3.05) is 0 Å². The van der Waals surface area contributed by atoms with Gasteiger partial charge in [0.05, 0.1) is 10.6 Å². The van der Waals surface area contributed by atoms with Crippen LogP contribution in [0.2, 0.25) is 0 Å². The number of aromatic nitrogens is 1. The molecule has 1 aliphatic heterocycles. The number of halogens is 1. The number of aliphatic imine (C=N–C) groups is 1. The van der Waals surface area contributed by atoms with Gasteiger partial charge in [0.15, 0.2) is 5.17 Å². The number of rotatable bonds is 4. The molecule has 0 aliphatic carbocycles. The van der Waals surface area contributed by atoms with E-state index in [0.717, 1.165) is 34.7 Å². The van der Waals surface area contributed by atoms with Crippen molar-refractivity contribution in [3.05, 3.63) is 87.8 Å². The van der Waals surface area contributed by atoms with Gasteiger partial charge < -0.3 is 9.88 Å². The first kappa shape index (κ1) is 20.2. The molecule has 0 atom stereocenters. The van der Waals surface area contributed by atoms with Crippen LogP contribution in [0.15, 0.2) is 64.5 Å². The highest BCUT2D eigenvalue weighted by atomic mass is 32.2. The summed E-state index contributed by atoms with van der Waals surface area (Å²) in [6.45, 7) is 6.09. The predicted molar refractivity (Wildman–Crippen MR) is 122 cm³/mol. The van der Waals surface area contributed by atoms with Gasteiger partial charge in [-0.1, -0.05) is 19.1 Å². The lowest BCUT2D eigenvalue weighted by Crippen LogP contribution is -2.19. The zero-order chi connectivity index (χ0) is 21.3. The average molecular weight is 420 g/mol. The van der Waals surface area contributed by atoms with Crippen LogP contribution in [-0.4, -0.2) is 15.6 Å². The van der Waals surface area contributed by atoms with Crippen LogP contribution < -0.4 is 5.32 Å². The highest BCUT2D eigenvalue weighted by molar-refractivity contribution is 8.18. The van der Waals surface area contributed by atoms with Crippen molar-refractivity contribution in [3.63, 3.8) is 0 Å². The molecule has 1 fully saturated rings. The molecule has 0 radical (unpaired) electrons. The molecule has 3 aromatic rings. The van der Waals surface area contributed by atoms with Crippen LogP contribution in [0.5, 0.6) is 0 Å². The Morgan fingerprint density at radius 2 is 1.80 bits per heavy atom. The molecule has 30 heavy (non-hydrogen) atoms. The lowest BCUT2D eigenvalue weighted by molar-refractivity contribution is -0.115. The Bertz CT molecular complexity index is 1160. The average Bonchev–Trinajstić information content (AvgIpc) is 3.21. The fourth-order valence-corrected chi connectivity index (χ4v) is 4.30. The first-order valence-electron chi connectivity index (χ1n) is 9.78. The maximum absolute atomic E-state index is 13.3. The second-order valence-electron chi connectivity index (χ2n) is 7.14. The van der Waals surface area contributed by atoms with E-state index in [1.165, 1.54) is 29.5 Å². The van der Waals surface area contributed by atoms with Crippen LogP contribution in [-0.2, 0) is 11.2 Å². The molecule has 1 saturated heterocycles. The second-order valence-corrected chi connectivity index (χ2v) is 8.17. The molecule has 1 amide bonds. The largest absolute Gasteiger partial charge is 0.318 e. The molecule has 4 nitrogen and oxygen atoms in total. The molecule has 1 N–H and O–H groups in total. The van der Waals surface area contributed by atoms with E-state index in [1.807, 2.05) is 54.8 Å². The molecule has 152 valence electrons. The number of nitrogens with zero attached hydrogens (tertiary/aromatic N) is 2. The van der Waals surface area contributed by atoms with Crippen LogP contribution in [0.4, 0.5) is 10.1 Å². The number of hydrogen-bond donors (Lipinski definition) is 1. The molecule has 6 heteroatoms.